The maximum atomic E-state index is 10.2. The summed E-state index contributed by atoms with van der Waals surface area (Å²) in [5.41, 5.74) is 0. The van der Waals surface area contributed by atoms with Crippen LogP contribution < -0.4 is 0 Å². The third-order valence-corrected chi connectivity index (χ3v) is 5.07. The van der Waals surface area contributed by atoms with Crippen molar-refractivity contribution in [2.24, 2.45) is 11.8 Å². The summed E-state index contributed by atoms with van der Waals surface area (Å²) in [7, 11) is 0. The lowest BCUT2D eigenvalue weighted by Gasteiger charge is -2.43. The quantitative estimate of drug-likeness (QED) is 0.727. The molecule has 0 bridgehead atoms. The van der Waals surface area contributed by atoms with Gasteiger partial charge in [0, 0.05) is 32.0 Å². The summed E-state index contributed by atoms with van der Waals surface area (Å²) in [6, 6.07) is 0.259. The molecule has 17 heavy (non-hydrogen) atoms. The molecule has 1 spiro atoms. The predicted molar refractivity (Wildman–Crippen MR) is 61.5 cm³/mol. The number of rotatable bonds is 1. The van der Waals surface area contributed by atoms with E-state index in [1.165, 1.54) is 19.5 Å². The van der Waals surface area contributed by atoms with Gasteiger partial charge in [-0.05, 0) is 24.7 Å². The van der Waals surface area contributed by atoms with Crippen molar-refractivity contribution in [3.05, 3.63) is 0 Å². The first-order chi connectivity index (χ1) is 8.26. The van der Waals surface area contributed by atoms with Crippen LogP contribution in [0.4, 0.5) is 0 Å². The number of ether oxygens (including phenoxy) is 2. The van der Waals surface area contributed by atoms with Crippen molar-refractivity contribution in [1.29, 1.82) is 0 Å². The van der Waals surface area contributed by atoms with E-state index in [4.69, 9.17) is 9.47 Å². The van der Waals surface area contributed by atoms with Gasteiger partial charge in [0.05, 0.1) is 19.3 Å². The number of piperidine rings is 1. The van der Waals surface area contributed by atoms with Gasteiger partial charge in [-0.2, -0.15) is 0 Å². The fourth-order valence-corrected chi connectivity index (χ4v) is 3.95. The van der Waals surface area contributed by atoms with Crippen LogP contribution in [0.2, 0.25) is 0 Å². The Bertz CT molecular complexity index is 306. The Morgan fingerprint density at radius 2 is 1.82 bits per heavy atom. The van der Waals surface area contributed by atoms with E-state index in [0.717, 1.165) is 31.1 Å². The highest BCUT2D eigenvalue weighted by Crippen LogP contribution is 2.48. The molecule has 2 aliphatic heterocycles. The highest BCUT2D eigenvalue weighted by atomic mass is 16.7. The molecule has 0 aromatic heterocycles. The summed E-state index contributed by atoms with van der Waals surface area (Å²) in [4.78, 5) is 2.48. The summed E-state index contributed by atoms with van der Waals surface area (Å²) < 4.78 is 11.6. The Balaban J connectivity index is 1.48. The molecular formula is C13H21NO3. The van der Waals surface area contributed by atoms with E-state index in [1.54, 1.807) is 0 Å². The maximum absolute atomic E-state index is 10.2. The highest BCUT2D eigenvalue weighted by molar-refractivity contribution is 5.02. The average molecular weight is 239 g/mol. The van der Waals surface area contributed by atoms with E-state index in [2.05, 4.69) is 4.90 Å². The molecule has 4 nitrogen and oxygen atoms in total. The Kier molecular flexibility index (Phi) is 2.32. The third-order valence-electron chi connectivity index (χ3n) is 5.07. The molecule has 0 aromatic carbocycles. The van der Waals surface area contributed by atoms with Gasteiger partial charge in [-0.3, -0.25) is 4.90 Å². The van der Waals surface area contributed by atoms with E-state index in [-0.39, 0.29) is 17.9 Å². The SMILES string of the molecule is OC1CCC2(CC1N1CC3CC3C1)OCCO2. The van der Waals surface area contributed by atoms with Gasteiger partial charge in [-0.1, -0.05) is 0 Å². The molecule has 0 aromatic rings. The Morgan fingerprint density at radius 1 is 1.12 bits per heavy atom. The summed E-state index contributed by atoms with van der Waals surface area (Å²) in [5, 5.41) is 10.2. The molecule has 1 N–H and O–H groups in total. The molecule has 4 aliphatic rings. The van der Waals surface area contributed by atoms with Crippen molar-refractivity contribution < 1.29 is 14.6 Å². The first-order valence-corrected chi connectivity index (χ1v) is 6.96. The monoisotopic (exact) mass is 239 g/mol. The molecule has 2 saturated heterocycles. The van der Waals surface area contributed by atoms with Gasteiger partial charge >= 0.3 is 0 Å². The zero-order valence-corrected chi connectivity index (χ0v) is 10.2. The van der Waals surface area contributed by atoms with E-state index in [1.807, 2.05) is 0 Å². The molecule has 2 heterocycles. The van der Waals surface area contributed by atoms with Crippen molar-refractivity contribution in [2.45, 2.75) is 43.6 Å². The van der Waals surface area contributed by atoms with Crippen LogP contribution in [0.15, 0.2) is 0 Å². The number of hydrogen-bond donors (Lipinski definition) is 1. The van der Waals surface area contributed by atoms with Crippen LogP contribution in [0.5, 0.6) is 0 Å². The minimum Gasteiger partial charge on any atom is -0.391 e. The number of aliphatic hydroxyl groups excluding tert-OH is 1. The number of nitrogens with zero attached hydrogens (tertiary/aromatic N) is 1. The number of likely N-dealkylation sites (tertiary alicyclic amines) is 1. The standard InChI is InChI=1S/C13H21NO3/c15-12-1-2-13(16-3-4-17-13)6-11(12)14-7-9-5-10(9)8-14/h9-12,15H,1-8H2. The molecule has 4 unspecified atom stereocenters. The zero-order valence-electron chi connectivity index (χ0n) is 10.2. The first kappa shape index (κ1) is 10.7. The predicted octanol–water partition coefficient (Wildman–Crippen LogP) is 0.595. The minimum absolute atomic E-state index is 0.189. The molecule has 2 saturated carbocycles. The second-order valence-electron chi connectivity index (χ2n) is 6.19. The second-order valence-corrected chi connectivity index (χ2v) is 6.19. The molecule has 4 fully saturated rings. The van der Waals surface area contributed by atoms with E-state index in [0.29, 0.717) is 13.2 Å². The number of hydrogen-bond acceptors (Lipinski definition) is 4. The zero-order chi connectivity index (χ0) is 11.5. The van der Waals surface area contributed by atoms with Crippen LogP contribution in [-0.2, 0) is 9.47 Å². The summed E-state index contributed by atoms with van der Waals surface area (Å²) >= 11 is 0. The smallest absolute Gasteiger partial charge is 0.170 e. The topological polar surface area (TPSA) is 41.9 Å². The van der Waals surface area contributed by atoms with Crippen molar-refractivity contribution in [1.82, 2.24) is 4.90 Å². The normalized spacial score (nSPS) is 48.5. The van der Waals surface area contributed by atoms with Crippen LogP contribution >= 0.6 is 0 Å². The van der Waals surface area contributed by atoms with Gasteiger partial charge in [0.2, 0.25) is 0 Å². The fourth-order valence-electron chi connectivity index (χ4n) is 3.95. The Morgan fingerprint density at radius 3 is 2.53 bits per heavy atom. The largest absolute Gasteiger partial charge is 0.391 e. The van der Waals surface area contributed by atoms with Crippen LogP contribution in [0, 0.1) is 11.8 Å². The van der Waals surface area contributed by atoms with Gasteiger partial charge in [0.25, 0.3) is 0 Å². The van der Waals surface area contributed by atoms with E-state index >= 15 is 0 Å². The number of fused-ring (bicyclic) bond motifs is 1. The summed E-state index contributed by atoms with van der Waals surface area (Å²) in [6.45, 7) is 3.80. The van der Waals surface area contributed by atoms with E-state index < -0.39 is 0 Å². The molecule has 0 amide bonds. The number of aliphatic hydroxyl groups is 1. The van der Waals surface area contributed by atoms with Gasteiger partial charge in [0.15, 0.2) is 5.79 Å². The molecule has 4 heteroatoms. The summed E-state index contributed by atoms with van der Waals surface area (Å²) in [6.07, 6.45) is 3.75. The van der Waals surface area contributed by atoms with Gasteiger partial charge in [-0.15, -0.1) is 0 Å². The Labute approximate surface area is 102 Å². The molecule has 2 aliphatic carbocycles. The lowest BCUT2D eigenvalue weighted by atomic mass is 9.86. The minimum atomic E-state index is -0.364. The van der Waals surface area contributed by atoms with E-state index in [9.17, 15) is 5.11 Å². The van der Waals surface area contributed by atoms with Gasteiger partial charge < -0.3 is 14.6 Å². The second kappa shape index (κ2) is 3.67. The molecule has 4 atom stereocenters. The third kappa shape index (κ3) is 1.73. The van der Waals surface area contributed by atoms with Gasteiger partial charge in [0.1, 0.15) is 0 Å². The molecule has 0 radical (unpaired) electrons. The lowest BCUT2D eigenvalue weighted by molar-refractivity contribution is -0.204. The molecule has 96 valence electrons. The average Bonchev–Trinajstić information content (AvgIpc) is 2.78. The fraction of sp³-hybridized carbons (Fsp3) is 1.00. The lowest BCUT2D eigenvalue weighted by Crippen LogP contribution is -2.53. The van der Waals surface area contributed by atoms with Crippen LogP contribution in [0.25, 0.3) is 0 Å². The van der Waals surface area contributed by atoms with Crippen molar-refractivity contribution in [3.8, 4) is 0 Å². The Hall–Kier alpha value is -0.160. The van der Waals surface area contributed by atoms with Crippen LogP contribution in [-0.4, -0.2) is 54.2 Å². The van der Waals surface area contributed by atoms with Crippen LogP contribution in [0.3, 0.4) is 0 Å². The van der Waals surface area contributed by atoms with Gasteiger partial charge in [-0.25, -0.2) is 0 Å². The van der Waals surface area contributed by atoms with Crippen molar-refractivity contribution >= 4 is 0 Å². The highest BCUT2D eigenvalue weighted by Gasteiger charge is 2.52. The first-order valence-electron chi connectivity index (χ1n) is 6.96. The maximum Gasteiger partial charge on any atom is 0.170 e. The summed E-state index contributed by atoms with van der Waals surface area (Å²) in [5.74, 6) is 1.48. The molecular weight excluding hydrogens is 218 g/mol. The van der Waals surface area contributed by atoms with Crippen molar-refractivity contribution in [2.75, 3.05) is 26.3 Å². The molecule has 4 rings (SSSR count). The van der Waals surface area contributed by atoms with Crippen LogP contribution in [0.1, 0.15) is 25.7 Å². The van der Waals surface area contributed by atoms with Crippen molar-refractivity contribution in [3.63, 3.8) is 0 Å².